The number of halogens is 5. The van der Waals surface area contributed by atoms with Gasteiger partial charge in [-0.15, -0.1) is 0 Å². The molecule has 0 spiro atoms. The molecule has 0 radical (unpaired) electrons. The van der Waals surface area contributed by atoms with Gasteiger partial charge in [-0.25, -0.2) is 13.2 Å². The van der Waals surface area contributed by atoms with E-state index in [2.05, 4.69) is 11.9 Å². The van der Waals surface area contributed by atoms with Crippen molar-refractivity contribution in [3.05, 3.63) is 131 Å². The second kappa shape index (κ2) is 13.4. The van der Waals surface area contributed by atoms with Crippen LogP contribution in [0.5, 0.6) is 5.75 Å². The summed E-state index contributed by atoms with van der Waals surface area (Å²) in [6.07, 6.45) is 2.63. The first kappa shape index (κ1) is 30.9. The SMILES string of the molecule is CCCCCc1ccc(-c2ccc(C(F)(F)Oc3ccc(-c4ccc(-c5ccc(CC)cc5)c(F)c4)c(F)c3)c(F)c2)nc1. The van der Waals surface area contributed by atoms with Gasteiger partial charge in [0.25, 0.3) is 0 Å². The number of alkyl halides is 2. The number of ether oxygens (including phenoxy) is 1. The van der Waals surface area contributed by atoms with Gasteiger partial charge >= 0.3 is 6.11 Å². The number of benzene rings is 4. The lowest BCUT2D eigenvalue weighted by Gasteiger charge is -2.19. The van der Waals surface area contributed by atoms with Crippen molar-refractivity contribution in [2.45, 2.75) is 52.1 Å². The summed E-state index contributed by atoms with van der Waals surface area (Å²) in [5, 5.41) is 0. The topological polar surface area (TPSA) is 22.1 Å². The lowest BCUT2D eigenvalue weighted by Crippen LogP contribution is -2.23. The van der Waals surface area contributed by atoms with Crippen molar-refractivity contribution >= 4 is 0 Å². The number of pyridine rings is 1. The molecule has 0 bridgehead atoms. The molecule has 5 rings (SSSR count). The Balaban J connectivity index is 1.30. The third-order valence-corrected chi connectivity index (χ3v) is 7.61. The fraction of sp³-hybridized carbons (Fsp3) is 0.216. The molecule has 2 nitrogen and oxygen atoms in total. The maximum absolute atomic E-state index is 15.1. The summed E-state index contributed by atoms with van der Waals surface area (Å²) in [6.45, 7) is 4.15. The first-order valence-corrected chi connectivity index (χ1v) is 14.7. The van der Waals surface area contributed by atoms with Gasteiger partial charge in [-0.2, -0.15) is 8.78 Å². The minimum Gasteiger partial charge on any atom is -0.429 e. The van der Waals surface area contributed by atoms with Crippen molar-refractivity contribution in [3.63, 3.8) is 0 Å². The quantitative estimate of drug-likeness (QED) is 0.111. The van der Waals surface area contributed by atoms with E-state index in [0.29, 0.717) is 22.4 Å². The molecule has 0 aliphatic carbocycles. The molecule has 0 aliphatic heterocycles. The average molecular weight is 602 g/mol. The number of unbranched alkanes of at least 4 members (excludes halogenated alkanes) is 2. The Morgan fingerprint density at radius 1 is 0.636 bits per heavy atom. The Morgan fingerprint density at radius 2 is 1.27 bits per heavy atom. The van der Waals surface area contributed by atoms with Crippen molar-refractivity contribution in [1.29, 1.82) is 0 Å². The number of hydrogen-bond donors (Lipinski definition) is 0. The van der Waals surface area contributed by atoms with Crippen LogP contribution >= 0.6 is 0 Å². The second-order valence-corrected chi connectivity index (χ2v) is 10.7. The summed E-state index contributed by atoms with van der Waals surface area (Å²) in [5.41, 5.74) is 3.26. The Bertz CT molecular complexity index is 1730. The largest absolute Gasteiger partial charge is 0.429 e. The van der Waals surface area contributed by atoms with Crippen molar-refractivity contribution in [2.24, 2.45) is 0 Å². The average Bonchev–Trinajstić information content (AvgIpc) is 3.01. The molecule has 0 saturated carbocycles. The standard InChI is InChI=1S/C37H32F5NO/c1-3-5-6-7-25-10-19-36(43-23-25)28-14-18-32(35(40)21-28)37(41,42)44-29-15-17-31(34(39)22-29)27-13-16-30(33(38)20-27)26-11-8-24(4-2)9-12-26/h8-23H,3-7H2,1-2H3. The molecule has 7 heteroatoms. The fourth-order valence-electron chi connectivity index (χ4n) is 5.07. The lowest BCUT2D eigenvalue weighted by molar-refractivity contribution is -0.187. The zero-order valence-corrected chi connectivity index (χ0v) is 24.5. The van der Waals surface area contributed by atoms with Crippen molar-refractivity contribution < 1.29 is 26.7 Å². The van der Waals surface area contributed by atoms with E-state index in [1.165, 1.54) is 18.2 Å². The van der Waals surface area contributed by atoms with E-state index in [4.69, 9.17) is 4.74 Å². The number of aryl methyl sites for hydroxylation is 2. The summed E-state index contributed by atoms with van der Waals surface area (Å²) >= 11 is 0. The molecule has 4 aromatic carbocycles. The molecular formula is C37H32F5NO. The summed E-state index contributed by atoms with van der Waals surface area (Å²) < 4.78 is 79.8. The van der Waals surface area contributed by atoms with E-state index in [1.54, 1.807) is 24.4 Å². The van der Waals surface area contributed by atoms with Gasteiger partial charge < -0.3 is 4.74 Å². The van der Waals surface area contributed by atoms with Crippen LogP contribution in [-0.2, 0) is 19.0 Å². The molecule has 0 N–H and O–H groups in total. The number of rotatable bonds is 11. The molecule has 1 heterocycles. The number of hydrogen-bond acceptors (Lipinski definition) is 2. The first-order valence-electron chi connectivity index (χ1n) is 14.7. The van der Waals surface area contributed by atoms with Gasteiger partial charge in [0.1, 0.15) is 23.2 Å². The molecule has 0 unspecified atom stereocenters. The van der Waals surface area contributed by atoms with Gasteiger partial charge in [-0.05, 0) is 77.9 Å². The van der Waals surface area contributed by atoms with Crippen LogP contribution in [0.15, 0.2) is 97.2 Å². The van der Waals surface area contributed by atoms with E-state index in [0.717, 1.165) is 67.5 Å². The van der Waals surface area contributed by atoms with E-state index >= 15 is 13.2 Å². The Hall–Kier alpha value is -4.52. The Kier molecular flexibility index (Phi) is 9.43. The van der Waals surface area contributed by atoms with Crippen molar-refractivity contribution in [3.8, 4) is 39.3 Å². The summed E-state index contributed by atoms with van der Waals surface area (Å²) in [4.78, 5) is 4.35. The van der Waals surface area contributed by atoms with Crippen LogP contribution in [0.2, 0.25) is 0 Å². The van der Waals surface area contributed by atoms with Crippen LogP contribution in [0.3, 0.4) is 0 Å². The van der Waals surface area contributed by atoms with Crippen LogP contribution in [0.4, 0.5) is 22.0 Å². The van der Waals surface area contributed by atoms with E-state index in [9.17, 15) is 8.78 Å². The molecular weight excluding hydrogens is 569 g/mol. The van der Waals surface area contributed by atoms with Gasteiger partial charge in [0.05, 0.1) is 11.3 Å². The predicted octanol–water partition coefficient (Wildman–Crippen LogP) is 10.9. The molecule has 0 saturated heterocycles. The zero-order valence-electron chi connectivity index (χ0n) is 24.5. The predicted molar refractivity (Wildman–Crippen MR) is 164 cm³/mol. The minimum atomic E-state index is -4.09. The first-order chi connectivity index (χ1) is 21.2. The Labute approximate surface area is 254 Å². The zero-order chi connectivity index (χ0) is 31.3. The smallest absolute Gasteiger partial charge is 0.429 e. The van der Waals surface area contributed by atoms with Gasteiger partial charge in [0.15, 0.2) is 0 Å². The molecule has 0 aliphatic rings. The highest BCUT2D eigenvalue weighted by Crippen LogP contribution is 2.37. The van der Waals surface area contributed by atoms with E-state index in [-0.39, 0.29) is 11.1 Å². The molecule has 0 amide bonds. The summed E-state index contributed by atoms with van der Waals surface area (Å²) in [6, 6.07) is 21.8. The molecule has 5 aromatic rings. The summed E-state index contributed by atoms with van der Waals surface area (Å²) in [7, 11) is 0. The summed E-state index contributed by atoms with van der Waals surface area (Å²) in [5.74, 6) is -3.13. The maximum Gasteiger partial charge on any atom is 0.429 e. The third-order valence-electron chi connectivity index (χ3n) is 7.61. The third kappa shape index (κ3) is 6.99. The Morgan fingerprint density at radius 3 is 1.91 bits per heavy atom. The number of aromatic nitrogens is 1. The van der Waals surface area contributed by atoms with Gasteiger partial charge in [-0.3, -0.25) is 4.98 Å². The highest BCUT2D eigenvalue weighted by Gasteiger charge is 2.38. The van der Waals surface area contributed by atoms with Gasteiger partial charge in [-0.1, -0.05) is 75.2 Å². The van der Waals surface area contributed by atoms with Crippen LogP contribution < -0.4 is 4.74 Å². The molecule has 1 aromatic heterocycles. The highest BCUT2D eigenvalue weighted by atomic mass is 19.3. The van der Waals surface area contributed by atoms with Crippen LogP contribution in [0.1, 0.15) is 49.8 Å². The fourth-order valence-corrected chi connectivity index (χ4v) is 5.07. The van der Waals surface area contributed by atoms with Crippen LogP contribution in [-0.4, -0.2) is 4.98 Å². The van der Waals surface area contributed by atoms with Crippen LogP contribution in [0, 0.1) is 17.5 Å². The second-order valence-electron chi connectivity index (χ2n) is 10.7. The molecule has 0 atom stereocenters. The normalized spacial score (nSPS) is 11.5. The lowest BCUT2D eigenvalue weighted by atomic mass is 9.98. The maximum atomic E-state index is 15.1. The molecule has 0 fully saturated rings. The minimum absolute atomic E-state index is 0.00635. The molecule has 226 valence electrons. The van der Waals surface area contributed by atoms with Gasteiger partial charge in [0.2, 0.25) is 0 Å². The van der Waals surface area contributed by atoms with Gasteiger partial charge in [0, 0.05) is 29.0 Å². The monoisotopic (exact) mass is 601 g/mol. The highest BCUT2D eigenvalue weighted by molar-refractivity contribution is 5.72. The van der Waals surface area contributed by atoms with E-state index < -0.39 is 34.9 Å². The van der Waals surface area contributed by atoms with Crippen molar-refractivity contribution in [1.82, 2.24) is 4.98 Å². The molecule has 44 heavy (non-hydrogen) atoms. The van der Waals surface area contributed by atoms with Crippen molar-refractivity contribution in [2.75, 3.05) is 0 Å². The van der Waals surface area contributed by atoms with Crippen LogP contribution in [0.25, 0.3) is 33.5 Å². The number of nitrogens with zero attached hydrogens (tertiary/aromatic N) is 1. The van der Waals surface area contributed by atoms with E-state index in [1.807, 2.05) is 37.3 Å².